The molecular formula is C13H18O3. The first-order chi connectivity index (χ1) is 7.54. The van der Waals surface area contributed by atoms with Crippen LogP contribution in [0.1, 0.15) is 36.2 Å². The van der Waals surface area contributed by atoms with E-state index in [2.05, 4.69) is 0 Å². The van der Waals surface area contributed by atoms with Gasteiger partial charge in [0, 0.05) is 6.42 Å². The Morgan fingerprint density at radius 3 is 2.75 bits per heavy atom. The molecule has 0 amide bonds. The average molecular weight is 222 g/mol. The number of aryl methyl sites for hydroxylation is 1. The predicted octanol–water partition coefficient (Wildman–Crippen LogP) is 2.35. The Morgan fingerprint density at radius 1 is 1.50 bits per heavy atom. The number of carbonyl (C=O) groups is 1. The van der Waals surface area contributed by atoms with Crippen LogP contribution in [0.2, 0.25) is 0 Å². The Balaban J connectivity index is 2.93. The molecule has 0 bridgehead atoms. The van der Waals surface area contributed by atoms with Crippen molar-refractivity contribution >= 4 is 5.78 Å². The van der Waals surface area contributed by atoms with Gasteiger partial charge in [-0.3, -0.25) is 4.79 Å². The lowest BCUT2D eigenvalue weighted by Crippen LogP contribution is -2.14. The second kappa shape index (κ2) is 5.66. The summed E-state index contributed by atoms with van der Waals surface area (Å²) >= 11 is 0. The van der Waals surface area contributed by atoms with E-state index in [0.717, 1.165) is 5.56 Å². The Kier molecular flexibility index (Phi) is 4.50. The van der Waals surface area contributed by atoms with E-state index in [-0.39, 0.29) is 12.4 Å². The van der Waals surface area contributed by atoms with Gasteiger partial charge in [0.2, 0.25) is 0 Å². The molecule has 0 heterocycles. The third-order valence-corrected chi connectivity index (χ3v) is 2.24. The van der Waals surface area contributed by atoms with Crippen LogP contribution in [0.25, 0.3) is 0 Å². The Morgan fingerprint density at radius 2 is 2.19 bits per heavy atom. The summed E-state index contributed by atoms with van der Waals surface area (Å²) in [6, 6.07) is 5.49. The third kappa shape index (κ3) is 3.35. The highest BCUT2D eigenvalue weighted by molar-refractivity contribution is 5.98. The zero-order valence-corrected chi connectivity index (χ0v) is 9.99. The normalized spacial score (nSPS) is 12.2. The van der Waals surface area contributed by atoms with Gasteiger partial charge in [0.25, 0.3) is 0 Å². The number of carbonyl (C=O) groups excluding carboxylic acids is 1. The van der Waals surface area contributed by atoms with E-state index in [9.17, 15) is 4.79 Å². The summed E-state index contributed by atoms with van der Waals surface area (Å²) < 4.78 is 5.41. The number of aliphatic hydroxyl groups is 1. The lowest BCUT2D eigenvalue weighted by atomic mass is 10.1. The van der Waals surface area contributed by atoms with Crippen LogP contribution in [0, 0.1) is 6.92 Å². The summed E-state index contributed by atoms with van der Waals surface area (Å²) in [5.41, 5.74) is 1.63. The number of hydrogen-bond donors (Lipinski definition) is 1. The van der Waals surface area contributed by atoms with Crippen LogP contribution in [0.3, 0.4) is 0 Å². The first kappa shape index (κ1) is 12.7. The number of ether oxygens (including phenoxy) is 1. The van der Waals surface area contributed by atoms with E-state index in [4.69, 9.17) is 9.84 Å². The maximum atomic E-state index is 11.7. The third-order valence-electron chi connectivity index (χ3n) is 2.24. The first-order valence-corrected chi connectivity index (χ1v) is 5.49. The molecule has 0 aromatic heterocycles. The van der Waals surface area contributed by atoms with Gasteiger partial charge in [-0.05, 0) is 26.0 Å². The smallest absolute Gasteiger partial charge is 0.166 e. The van der Waals surface area contributed by atoms with E-state index in [0.29, 0.717) is 17.7 Å². The summed E-state index contributed by atoms with van der Waals surface area (Å²) in [6.07, 6.45) is -0.0834. The van der Waals surface area contributed by atoms with Crippen molar-refractivity contribution in [2.24, 2.45) is 0 Å². The molecule has 0 aliphatic carbocycles. The molecule has 1 atom stereocenters. The number of hydrogen-bond acceptors (Lipinski definition) is 3. The average Bonchev–Trinajstić information content (AvgIpc) is 2.26. The van der Waals surface area contributed by atoms with Crippen LogP contribution >= 0.6 is 0 Å². The zero-order valence-electron chi connectivity index (χ0n) is 9.99. The monoisotopic (exact) mass is 222 g/mol. The molecule has 0 saturated carbocycles. The van der Waals surface area contributed by atoms with Gasteiger partial charge in [0.1, 0.15) is 12.4 Å². The second-order valence-electron chi connectivity index (χ2n) is 3.94. The van der Waals surface area contributed by atoms with E-state index in [1.807, 2.05) is 26.0 Å². The number of Topliss-reactive ketones (excluding diaryl/α,β-unsaturated/α-hetero) is 1. The Bertz CT molecular complexity index is 369. The largest absolute Gasteiger partial charge is 0.490 e. The van der Waals surface area contributed by atoms with Crippen LogP contribution in [0.15, 0.2) is 18.2 Å². The minimum atomic E-state index is -0.536. The number of rotatable bonds is 5. The van der Waals surface area contributed by atoms with Gasteiger partial charge < -0.3 is 9.84 Å². The summed E-state index contributed by atoms with van der Waals surface area (Å²) in [5.74, 6) is 0.614. The molecule has 1 N–H and O–H groups in total. The van der Waals surface area contributed by atoms with Crippen LogP contribution in [-0.2, 0) is 0 Å². The van der Waals surface area contributed by atoms with E-state index in [1.165, 1.54) is 0 Å². The summed E-state index contributed by atoms with van der Waals surface area (Å²) in [5, 5.41) is 9.15. The number of aliphatic hydroxyl groups excluding tert-OH is 1. The SMILES string of the molecule is CCC(=O)c1cc(C)ccc1OC[C@@H](C)O. The molecule has 1 aromatic carbocycles. The van der Waals surface area contributed by atoms with Crippen LogP contribution < -0.4 is 4.74 Å². The van der Waals surface area contributed by atoms with Crippen LogP contribution in [0.5, 0.6) is 5.75 Å². The topological polar surface area (TPSA) is 46.5 Å². The lowest BCUT2D eigenvalue weighted by molar-refractivity contribution is 0.0971. The van der Waals surface area contributed by atoms with Crippen molar-refractivity contribution in [1.29, 1.82) is 0 Å². The molecule has 0 aliphatic heterocycles. The van der Waals surface area contributed by atoms with Crippen molar-refractivity contribution in [2.75, 3.05) is 6.61 Å². The van der Waals surface area contributed by atoms with Gasteiger partial charge in [0.05, 0.1) is 11.7 Å². The highest BCUT2D eigenvalue weighted by Crippen LogP contribution is 2.21. The fourth-order valence-corrected chi connectivity index (χ4v) is 1.39. The van der Waals surface area contributed by atoms with E-state index in [1.54, 1.807) is 13.0 Å². The molecule has 16 heavy (non-hydrogen) atoms. The van der Waals surface area contributed by atoms with Crippen molar-refractivity contribution in [3.05, 3.63) is 29.3 Å². The molecule has 0 radical (unpaired) electrons. The highest BCUT2D eigenvalue weighted by atomic mass is 16.5. The maximum absolute atomic E-state index is 11.7. The van der Waals surface area contributed by atoms with Gasteiger partial charge >= 0.3 is 0 Å². The second-order valence-corrected chi connectivity index (χ2v) is 3.94. The maximum Gasteiger partial charge on any atom is 0.166 e. The van der Waals surface area contributed by atoms with Gasteiger partial charge in [-0.2, -0.15) is 0 Å². The fraction of sp³-hybridized carbons (Fsp3) is 0.462. The van der Waals surface area contributed by atoms with Gasteiger partial charge in [0.15, 0.2) is 5.78 Å². The molecule has 1 rings (SSSR count). The molecule has 3 heteroatoms. The lowest BCUT2D eigenvalue weighted by Gasteiger charge is -2.12. The Hall–Kier alpha value is -1.35. The minimum absolute atomic E-state index is 0.0595. The molecule has 0 saturated heterocycles. The minimum Gasteiger partial charge on any atom is -0.490 e. The van der Waals surface area contributed by atoms with Crippen molar-refractivity contribution in [1.82, 2.24) is 0 Å². The predicted molar refractivity (Wildman–Crippen MR) is 63.0 cm³/mol. The van der Waals surface area contributed by atoms with Gasteiger partial charge in [-0.15, -0.1) is 0 Å². The highest BCUT2D eigenvalue weighted by Gasteiger charge is 2.11. The summed E-state index contributed by atoms with van der Waals surface area (Å²) in [4.78, 5) is 11.7. The van der Waals surface area contributed by atoms with Crippen molar-refractivity contribution < 1.29 is 14.6 Å². The number of benzene rings is 1. The van der Waals surface area contributed by atoms with Crippen molar-refractivity contribution in [3.8, 4) is 5.75 Å². The van der Waals surface area contributed by atoms with Gasteiger partial charge in [-0.1, -0.05) is 18.6 Å². The first-order valence-electron chi connectivity index (χ1n) is 5.49. The molecule has 1 aromatic rings. The standard InChI is InChI=1S/C13H18O3/c1-4-12(15)11-7-9(2)5-6-13(11)16-8-10(3)14/h5-7,10,14H,4,8H2,1-3H3/t10-/m1/s1. The van der Waals surface area contributed by atoms with Crippen LogP contribution in [-0.4, -0.2) is 23.6 Å². The molecule has 88 valence electrons. The molecule has 0 fully saturated rings. The van der Waals surface area contributed by atoms with Crippen LogP contribution in [0.4, 0.5) is 0 Å². The molecule has 0 unspecified atom stereocenters. The number of ketones is 1. The summed E-state index contributed by atoms with van der Waals surface area (Å²) in [7, 11) is 0. The molecule has 0 spiro atoms. The van der Waals surface area contributed by atoms with Crippen molar-refractivity contribution in [3.63, 3.8) is 0 Å². The molecule has 0 aliphatic rings. The zero-order chi connectivity index (χ0) is 12.1. The fourth-order valence-electron chi connectivity index (χ4n) is 1.39. The Labute approximate surface area is 96.1 Å². The van der Waals surface area contributed by atoms with E-state index < -0.39 is 6.10 Å². The summed E-state index contributed by atoms with van der Waals surface area (Å²) in [6.45, 7) is 5.61. The molecule has 3 nitrogen and oxygen atoms in total. The van der Waals surface area contributed by atoms with Gasteiger partial charge in [-0.25, -0.2) is 0 Å². The quantitative estimate of drug-likeness (QED) is 0.778. The van der Waals surface area contributed by atoms with E-state index >= 15 is 0 Å². The molecular weight excluding hydrogens is 204 g/mol. The van der Waals surface area contributed by atoms with Crippen molar-refractivity contribution in [2.45, 2.75) is 33.3 Å².